The second-order valence-electron chi connectivity index (χ2n) is 0.448. The van der Waals surface area contributed by atoms with Gasteiger partial charge in [0.15, 0.2) is 0 Å². The van der Waals surface area contributed by atoms with Crippen LogP contribution >= 0.6 is 0 Å². The molecule has 0 aliphatic carbocycles. The van der Waals surface area contributed by atoms with E-state index in [0.29, 0.717) is 0 Å². The minimum atomic E-state index is -4.67. The van der Waals surface area contributed by atoms with E-state index in [4.69, 9.17) is 17.5 Å². The summed E-state index contributed by atoms with van der Waals surface area (Å²) < 4.78 is 31.6. The van der Waals surface area contributed by atoms with Gasteiger partial charge in [0, 0.05) is 17.4 Å². The second kappa shape index (κ2) is 4.52. The van der Waals surface area contributed by atoms with Crippen molar-refractivity contribution in [1.82, 2.24) is 0 Å². The molecule has 0 saturated heterocycles. The van der Waals surface area contributed by atoms with Gasteiger partial charge in [0.2, 0.25) is 0 Å². The van der Waals surface area contributed by atoms with Gasteiger partial charge >= 0.3 is 10.4 Å². The van der Waals surface area contributed by atoms with E-state index in [-0.39, 0.29) is 22.8 Å². The van der Waals surface area contributed by atoms with Crippen LogP contribution in [0.2, 0.25) is 0 Å². The Hall–Kier alpha value is 0.362. The van der Waals surface area contributed by atoms with Gasteiger partial charge < -0.3 is 5.48 Å². The first kappa shape index (κ1) is 15.7. The molecular formula is H4CrO5S. The van der Waals surface area contributed by atoms with Crippen LogP contribution in [-0.2, 0) is 27.8 Å². The third kappa shape index (κ3) is 922. The fourth-order valence-corrected chi connectivity index (χ4v) is 0. The molecule has 5 nitrogen and oxygen atoms in total. The molecule has 0 heterocycles. The van der Waals surface area contributed by atoms with E-state index in [2.05, 4.69) is 0 Å². The SMILES string of the molecule is O.O=S(=O)(O)O.[Cr]. The third-order valence-electron chi connectivity index (χ3n) is 0. The predicted octanol–water partition coefficient (Wildman–Crippen LogP) is -1.48. The Bertz CT molecular complexity index is 91.2. The maximum atomic E-state index is 8.74. The standard InChI is InChI=1S/Cr.H2O4S.H2O/c;1-5(2,3)4;/h;(H2,1,2,3,4);1H2. The Morgan fingerprint density at radius 1 is 1.14 bits per heavy atom. The average Bonchev–Trinajstić information content (AvgIpc) is 0.722. The molecule has 7 heavy (non-hydrogen) atoms. The van der Waals surface area contributed by atoms with Crippen molar-refractivity contribution in [2.24, 2.45) is 0 Å². The Morgan fingerprint density at radius 3 is 1.14 bits per heavy atom. The van der Waals surface area contributed by atoms with Gasteiger partial charge in [-0.25, -0.2) is 0 Å². The van der Waals surface area contributed by atoms with E-state index in [0.717, 1.165) is 0 Å². The molecule has 0 fully saturated rings. The molecule has 0 amide bonds. The molecule has 0 atom stereocenters. The summed E-state index contributed by atoms with van der Waals surface area (Å²) in [5.41, 5.74) is 0. The van der Waals surface area contributed by atoms with Crippen molar-refractivity contribution in [3.63, 3.8) is 0 Å². The smallest absolute Gasteiger partial charge is 0.394 e. The topological polar surface area (TPSA) is 106 Å². The van der Waals surface area contributed by atoms with Crippen molar-refractivity contribution in [3.05, 3.63) is 0 Å². The van der Waals surface area contributed by atoms with E-state index < -0.39 is 10.4 Å². The molecule has 0 spiro atoms. The molecule has 0 aliphatic rings. The Morgan fingerprint density at radius 2 is 1.14 bits per heavy atom. The Kier molecular flexibility index (Phi) is 10.1. The van der Waals surface area contributed by atoms with Crippen molar-refractivity contribution >= 4 is 10.4 Å². The van der Waals surface area contributed by atoms with Crippen LogP contribution < -0.4 is 0 Å². The van der Waals surface area contributed by atoms with Crippen LogP contribution in [0, 0.1) is 0 Å². The van der Waals surface area contributed by atoms with Crippen molar-refractivity contribution < 1.29 is 40.4 Å². The number of hydrogen-bond donors (Lipinski definition) is 2. The summed E-state index contributed by atoms with van der Waals surface area (Å²) in [5, 5.41) is 0. The minimum absolute atomic E-state index is 0. The third-order valence-corrected chi connectivity index (χ3v) is 0. The fraction of sp³-hybridized carbons (Fsp3) is 0. The summed E-state index contributed by atoms with van der Waals surface area (Å²) in [5.74, 6) is 0. The molecule has 46 valence electrons. The second-order valence-corrected chi connectivity index (χ2v) is 1.34. The molecule has 0 radical (unpaired) electrons. The van der Waals surface area contributed by atoms with Crippen LogP contribution in [-0.4, -0.2) is 23.0 Å². The predicted molar refractivity (Wildman–Crippen MR) is 17.8 cm³/mol. The van der Waals surface area contributed by atoms with Crippen molar-refractivity contribution in [3.8, 4) is 0 Å². The fourth-order valence-electron chi connectivity index (χ4n) is 0. The summed E-state index contributed by atoms with van der Waals surface area (Å²) >= 11 is 0. The van der Waals surface area contributed by atoms with Gasteiger partial charge in [-0.1, -0.05) is 0 Å². The first-order valence-electron chi connectivity index (χ1n) is 0.698. The largest absolute Gasteiger partial charge is 0.412 e. The van der Waals surface area contributed by atoms with Crippen LogP contribution in [0.5, 0.6) is 0 Å². The maximum absolute atomic E-state index is 8.74. The van der Waals surface area contributed by atoms with Gasteiger partial charge in [0.25, 0.3) is 0 Å². The number of hydrogen-bond acceptors (Lipinski definition) is 2. The summed E-state index contributed by atoms with van der Waals surface area (Å²) in [7, 11) is -4.67. The van der Waals surface area contributed by atoms with Crippen LogP contribution in [0.3, 0.4) is 0 Å². The van der Waals surface area contributed by atoms with Gasteiger partial charge in [-0.3, -0.25) is 9.11 Å². The van der Waals surface area contributed by atoms with E-state index in [1.807, 2.05) is 0 Å². The van der Waals surface area contributed by atoms with Crippen LogP contribution in [0.1, 0.15) is 0 Å². The Balaban J connectivity index is -0.0000000800. The molecule has 0 aromatic rings. The minimum Gasteiger partial charge on any atom is -0.412 e. The van der Waals surface area contributed by atoms with Crippen LogP contribution in [0.25, 0.3) is 0 Å². The zero-order valence-electron chi connectivity index (χ0n) is 3.03. The van der Waals surface area contributed by atoms with E-state index in [9.17, 15) is 0 Å². The van der Waals surface area contributed by atoms with Crippen LogP contribution in [0.15, 0.2) is 0 Å². The summed E-state index contributed by atoms with van der Waals surface area (Å²) in [6, 6.07) is 0. The van der Waals surface area contributed by atoms with Crippen molar-refractivity contribution in [2.45, 2.75) is 0 Å². The van der Waals surface area contributed by atoms with Gasteiger partial charge in [-0.15, -0.1) is 0 Å². The van der Waals surface area contributed by atoms with Gasteiger partial charge in [-0.05, 0) is 0 Å². The average molecular weight is 168 g/mol. The van der Waals surface area contributed by atoms with Gasteiger partial charge in [-0.2, -0.15) is 8.42 Å². The molecule has 0 unspecified atom stereocenters. The molecule has 0 aliphatic heterocycles. The van der Waals surface area contributed by atoms with Crippen molar-refractivity contribution in [2.75, 3.05) is 0 Å². The van der Waals surface area contributed by atoms with Crippen LogP contribution in [0.4, 0.5) is 0 Å². The van der Waals surface area contributed by atoms with E-state index in [1.54, 1.807) is 0 Å². The zero-order chi connectivity index (χ0) is 4.50. The molecule has 4 N–H and O–H groups in total. The number of rotatable bonds is 0. The molecule has 0 saturated carbocycles. The molecule has 0 bridgehead atoms. The molecule has 0 aromatic heterocycles. The molecular weight excluding hydrogens is 164 g/mol. The molecule has 0 aromatic carbocycles. The van der Waals surface area contributed by atoms with Gasteiger partial charge in [0.1, 0.15) is 0 Å². The molecule has 7 heteroatoms. The van der Waals surface area contributed by atoms with Crippen molar-refractivity contribution in [1.29, 1.82) is 0 Å². The zero-order valence-corrected chi connectivity index (χ0v) is 5.12. The quantitative estimate of drug-likeness (QED) is 0.430. The monoisotopic (exact) mass is 168 g/mol. The summed E-state index contributed by atoms with van der Waals surface area (Å²) in [6.45, 7) is 0. The summed E-state index contributed by atoms with van der Waals surface area (Å²) in [6.07, 6.45) is 0. The van der Waals surface area contributed by atoms with E-state index in [1.165, 1.54) is 0 Å². The van der Waals surface area contributed by atoms with Gasteiger partial charge in [0.05, 0.1) is 0 Å². The Labute approximate surface area is 51.4 Å². The summed E-state index contributed by atoms with van der Waals surface area (Å²) in [4.78, 5) is 0. The normalized spacial score (nSPS) is 8.29. The maximum Gasteiger partial charge on any atom is 0.394 e. The molecule has 0 rings (SSSR count). The first-order chi connectivity index (χ1) is 2.00. The van der Waals surface area contributed by atoms with E-state index >= 15 is 0 Å². The first-order valence-corrected chi connectivity index (χ1v) is 2.10.